The van der Waals surface area contributed by atoms with Crippen molar-refractivity contribution in [2.45, 2.75) is 47.1 Å². The Labute approximate surface area is 116 Å². The minimum Gasteiger partial charge on any atom is -0.466 e. The molecular weight excluding hydrogens is 238 g/mol. The molecule has 0 saturated heterocycles. The highest BCUT2D eigenvalue weighted by Gasteiger charge is 2.51. The minimum atomic E-state index is -0.686. The highest BCUT2D eigenvalue weighted by atomic mass is 16.5. The van der Waals surface area contributed by atoms with Gasteiger partial charge in [-0.05, 0) is 23.3 Å². The van der Waals surface area contributed by atoms with Crippen LogP contribution in [-0.4, -0.2) is 18.6 Å². The number of rotatable bonds is 1. The van der Waals surface area contributed by atoms with Crippen molar-refractivity contribution in [1.29, 1.82) is 0 Å². The summed E-state index contributed by atoms with van der Waals surface area (Å²) in [4.78, 5) is 12.1. The number of hydrogen-bond acceptors (Lipinski definition) is 3. The summed E-state index contributed by atoms with van der Waals surface area (Å²) >= 11 is 0. The Balaban J connectivity index is 3.55. The van der Waals surface area contributed by atoms with Gasteiger partial charge in [-0.3, -0.25) is 0 Å². The molecule has 108 valence electrons. The van der Waals surface area contributed by atoms with Gasteiger partial charge in [0.05, 0.1) is 12.6 Å². The zero-order valence-corrected chi connectivity index (χ0v) is 13.3. The third-order valence-corrected chi connectivity index (χ3v) is 4.20. The van der Waals surface area contributed by atoms with Crippen LogP contribution in [0.5, 0.6) is 0 Å². The van der Waals surface area contributed by atoms with Crippen LogP contribution in [0.1, 0.15) is 41.5 Å². The fourth-order valence-corrected chi connectivity index (χ4v) is 3.59. The molecule has 2 atom stereocenters. The molecule has 0 fully saturated rings. The second-order valence-electron chi connectivity index (χ2n) is 7.37. The van der Waals surface area contributed by atoms with E-state index in [2.05, 4.69) is 41.2 Å². The molecule has 0 bridgehead atoms. The predicted molar refractivity (Wildman–Crippen MR) is 78.6 cm³/mol. The highest BCUT2D eigenvalue weighted by Crippen LogP contribution is 2.54. The van der Waals surface area contributed by atoms with Gasteiger partial charge in [-0.25, -0.2) is 4.79 Å². The van der Waals surface area contributed by atoms with Crippen LogP contribution < -0.4 is 5.73 Å². The van der Waals surface area contributed by atoms with Crippen LogP contribution in [0.2, 0.25) is 0 Å². The molecule has 0 amide bonds. The summed E-state index contributed by atoms with van der Waals surface area (Å²) in [5.74, 6) is -0.270. The van der Waals surface area contributed by atoms with Crippen molar-refractivity contribution in [3.63, 3.8) is 0 Å². The van der Waals surface area contributed by atoms with E-state index in [4.69, 9.17) is 10.5 Å². The fraction of sp³-hybridized carbons (Fsp3) is 0.688. The van der Waals surface area contributed by atoms with E-state index in [0.717, 1.165) is 5.57 Å². The highest BCUT2D eigenvalue weighted by molar-refractivity contribution is 5.90. The van der Waals surface area contributed by atoms with Gasteiger partial charge in [0, 0.05) is 11.5 Å². The summed E-state index contributed by atoms with van der Waals surface area (Å²) in [6.07, 6.45) is 1.82. The molecule has 1 rings (SSSR count). The van der Waals surface area contributed by atoms with Gasteiger partial charge < -0.3 is 10.5 Å². The van der Waals surface area contributed by atoms with E-state index in [9.17, 15) is 4.79 Å². The smallest absolute Gasteiger partial charge is 0.333 e. The van der Waals surface area contributed by atoms with Crippen molar-refractivity contribution in [2.24, 2.45) is 22.5 Å². The van der Waals surface area contributed by atoms with Gasteiger partial charge in [0.15, 0.2) is 0 Å². The average Bonchev–Trinajstić information content (AvgIpc) is 2.21. The lowest BCUT2D eigenvalue weighted by Crippen LogP contribution is -2.52. The molecule has 3 heteroatoms. The summed E-state index contributed by atoms with van der Waals surface area (Å²) < 4.78 is 4.94. The summed E-state index contributed by atoms with van der Waals surface area (Å²) in [5.41, 5.74) is 6.89. The summed E-state index contributed by atoms with van der Waals surface area (Å²) in [5, 5.41) is 0. The molecule has 0 saturated carbocycles. The number of carbonyl (C=O) groups is 1. The molecule has 1 aliphatic rings. The van der Waals surface area contributed by atoms with Gasteiger partial charge >= 0.3 is 5.97 Å². The number of hydrogen-bond donors (Lipinski definition) is 1. The minimum absolute atomic E-state index is 0.0246. The van der Waals surface area contributed by atoms with Gasteiger partial charge in [0.25, 0.3) is 0 Å². The number of methoxy groups -OCH3 is 1. The van der Waals surface area contributed by atoms with Crippen LogP contribution in [0.3, 0.4) is 0 Å². The molecule has 19 heavy (non-hydrogen) atoms. The Morgan fingerprint density at radius 2 is 1.84 bits per heavy atom. The summed E-state index contributed by atoms with van der Waals surface area (Å²) in [7, 11) is 1.41. The van der Waals surface area contributed by atoms with E-state index in [1.54, 1.807) is 0 Å². The third-order valence-electron chi connectivity index (χ3n) is 4.20. The van der Waals surface area contributed by atoms with Crippen LogP contribution in [0.4, 0.5) is 0 Å². The van der Waals surface area contributed by atoms with E-state index < -0.39 is 5.54 Å². The molecule has 0 aromatic rings. The van der Waals surface area contributed by atoms with Crippen LogP contribution >= 0.6 is 0 Å². The first-order chi connectivity index (χ1) is 8.35. The maximum atomic E-state index is 12.1. The van der Waals surface area contributed by atoms with Crippen molar-refractivity contribution in [3.8, 4) is 0 Å². The topological polar surface area (TPSA) is 52.3 Å². The maximum absolute atomic E-state index is 12.1. The van der Waals surface area contributed by atoms with Crippen molar-refractivity contribution in [2.75, 3.05) is 7.11 Å². The number of esters is 1. The standard InChI is InChI=1S/C16H27NO2/c1-10-15(5,6)12(14(2,3)4)11(13(18)19-8)9-16(10,7)17/h9,12H,1,17H2,2-8H3. The first-order valence-electron chi connectivity index (χ1n) is 6.65. The largest absolute Gasteiger partial charge is 0.466 e. The second-order valence-corrected chi connectivity index (χ2v) is 7.37. The van der Waals surface area contributed by atoms with Crippen LogP contribution in [0.25, 0.3) is 0 Å². The summed E-state index contributed by atoms with van der Waals surface area (Å²) in [6.45, 7) is 16.7. The molecule has 0 spiro atoms. The van der Waals surface area contributed by atoms with Gasteiger partial charge in [-0.2, -0.15) is 0 Å². The quantitative estimate of drug-likeness (QED) is 0.585. The van der Waals surface area contributed by atoms with E-state index in [1.165, 1.54) is 7.11 Å². The first-order valence-corrected chi connectivity index (χ1v) is 6.65. The molecule has 2 N–H and O–H groups in total. The first kappa shape index (κ1) is 16.0. The van der Waals surface area contributed by atoms with Gasteiger partial charge in [0.2, 0.25) is 0 Å². The molecule has 0 aliphatic heterocycles. The monoisotopic (exact) mass is 265 g/mol. The zero-order chi connectivity index (χ0) is 15.2. The Morgan fingerprint density at radius 3 is 2.21 bits per heavy atom. The molecule has 2 unspecified atom stereocenters. The molecule has 0 aromatic carbocycles. The summed E-state index contributed by atoms with van der Waals surface area (Å²) in [6, 6.07) is 0. The van der Waals surface area contributed by atoms with Gasteiger partial charge in [-0.15, -0.1) is 0 Å². The van der Waals surface area contributed by atoms with Crippen molar-refractivity contribution < 1.29 is 9.53 Å². The Morgan fingerprint density at radius 1 is 1.37 bits per heavy atom. The fourth-order valence-electron chi connectivity index (χ4n) is 3.59. The number of ether oxygens (including phenoxy) is 1. The van der Waals surface area contributed by atoms with Crippen LogP contribution in [0, 0.1) is 16.7 Å². The Bertz CT molecular complexity index is 436. The number of carbonyl (C=O) groups excluding carboxylic acids is 1. The van der Waals surface area contributed by atoms with Gasteiger partial charge in [-0.1, -0.05) is 47.3 Å². The SMILES string of the molecule is C=C1C(C)(N)C=C(C(=O)OC)C(C(C)(C)C)C1(C)C. The van der Waals surface area contributed by atoms with Crippen LogP contribution in [0.15, 0.2) is 23.8 Å². The lowest BCUT2D eigenvalue weighted by molar-refractivity contribution is -0.138. The van der Waals surface area contributed by atoms with E-state index in [-0.39, 0.29) is 22.7 Å². The maximum Gasteiger partial charge on any atom is 0.333 e. The van der Waals surface area contributed by atoms with Gasteiger partial charge in [0.1, 0.15) is 0 Å². The number of nitrogens with two attached hydrogens (primary N) is 1. The lowest BCUT2D eigenvalue weighted by Gasteiger charge is -2.51. The predicted octanol–water partition coefficient (Wildman–Crippen LogP) is 3.06. The Kier molecular flexibility index (Phi) is 3.76. The van der Waals surface area contributed by atoms with E-state index >= 15 is 0 Å². The zero-order valence-electron chi connectivity index (χ0n) is 13.3. The lowest BCUT2D eigenvalue weighted by atomic mass is 9.54. The molecule has 3 nitrogen and oxygen atoms in total. The normalized spacial score (nSPS) is 30.8. The molecular formula is C16H27NO2. The molecule has 0 radical (unpaired) electrons. The molecule has 0 heterocycles. The third kappa shape index (κ3) is 2.62. The Hall–Kier alpha value is -1.09. The van der Waals surface area contributed by atoms with Crippen molar-refractivity contribution >= 4 is 5.97 Å². The van der Waals surface area contributed by atoms with E-state index in [1.807, 2.05) is 13.0 Å². The van der Waals surface area contributed by atoms with Crippen molar-refractivity contribution in [1.82, 2.24) is 0 Å². The van der Waals surface area contributed by atoms with E-state index in [0.29, 0.717) is 5.57 Å². The molecule has 0 aromatic heterocycles. The average molecular weight is 265 g/mol. The van der Waals surface area contributed by atoms with Crippen molar-refractivity contribution in [3.05, 3.63) is 23.8 Å². The molecule has 1 aliphatic carbocycles. The second kappa shape index (κ2) is 4.48. The van der Waals surface area contributed by atoms with Crippen LogP contribution in [-0.2, 0) is 9.53 Å².